The van der Waals surface area contributed by atoms with Crippen molar-refractivity contribution in [3.63, 3.8) is 0 Å². The van der Waals surface area contributed by atoms with Gasteiger partial charge in [-0.15, -0.1) is 0 Å². The molecule has 0 saturated heterocycles. The van der Waals surface area contributed by atoms with Gasteiger partial charge < -0.3 is 4.74 Å². The van der Waals surface area contributed by atoms with Crippen LogP contribution in [-0.2, 0) is 11.3 Å². The Morgan fingerprint density at radius 3 is 2.93 bits per heavy atom. The number of nitrogens with zero attached hydrogens (tertiary/aromatic N) is 1. The average molecular weight is 191 g/mol. The minimum absolute atomic E-state index is 0.717. The highest BCUT2D eigenvalue weighted by atomic mass is 16.5. The van der Waals surface area contributed by atoms with Gasteiger partial charge in [0.05, 0.1) is 12.2 Å². The van der Waals surface area contributed by atoms with E-state index in [1.165, 1.54) is 11.1 Å². The van der Waals surface area contributed by atoms with E-state index in [1.807, 2.05) is 12.1 Å². The number of methoxy groups -OCH3 is 1. The van der Waals surface area contributed by atoms with Gasteiger partial charge in [0.1, 0.15) is 13.1 Å². The van der Waals surface area contributed by atoms with Crippen LogP contribution in [0.4, 0.5) is 0 Å². The van der Waals surface area contributed by atoms with Crippen molar-refractivity contribution in [2.45, 2.75) is 6.54 Å². The lowest BCUT2D eigenvalue weighted by Crippen LogP contribution is -2.25. The first-order valence-corrected chi connectivity index (χ1v) is 4.77. The average Bonchev–Trinajstić information content (AvgIpc) is 2.54. The summed E-state index contributed by atoms with van der Waals surface area (Å²) in [4.78, 5) is 0. The van der Waals surface area contributed by atoms with Crippen molar-refractivity contribution in [3.05, 3.63) is 35.4 Å². The van der Waals surface area contributed by atoms with E-state index in [0.29, 0.717) is 6.61 Å². The summed E-state index contributed by atoms with van der Waals surface area (Å²) in [7, 11) is 1.71. The van der Waals surface area contributed by atoms with Crippen molar-refractivity contribution < 1.29 is 9.31 Å². The van der Waals surface area contributed by atoms with E-state index in [0.717, 1.165) is 18.9 Å². The molecule has 2 rings (SSSR count). The highest BCUT2D eigenvalue weighted by Crippen LogP contribution is 2.15. The van der Waals surface area contributed by atoms with Crippen LogP contribution in [0.15, 0.2) is 24.3 Å². The molecule has 1 heterocycles. The zero-order valence-corrected chi connectivity index (χ0v) is 8.36. The van der Waals surface area contributed by atoms with Gasteiger partial charge in [-0.25, -0.2) is 0 Å². The first-order valence-electron chi connectivity index (χ1n) is 4.77. The zero-order chi connectivity index (χ0) is 9.97. The van der Waals surface area contributed by atoms with Gasteiger partial charge >= 0.3 is 0 Å². The number of hydrogen-bond acceptors (Lipinski definition) is 2. The molecule has 3 nitrogen and oxygen atoms in total. The van der Waals surface area contributed by atoms with Crippen molar-refractivity contribution in [2.24, 2.45) is 5.73 Å². The maximum absolute atomic E-state index is 6.02. The monoisotopic (exact) mass is 191 g/mol. The molecule has 1 aromatic rings. The van der Waals surface area contributed by atoms with E-state index in [1.54, 1.807) is 7.11 Å². The minimum Gasteiger partial charge on any atom is -0.381 e. The molecule has 1 aliphatic rings. The maximum atomic E-state index is 6.02. The number of fused-ring (bicyclic) bond motifs is 1. The molecule has 0 saturated carbocycles. The summed E-state index contributed by atoms with van der Waals surface area (Å²) in [6.45, 7) is 2.48. The van der Waals surface area contributed by atoms with Crippen LogP contribution < -0.4 is 5.73 Å². The van der Waals surface area contributed by atoms with Gasteiger partial charge in [0.25, 0.3) is 5.84 Å². The third kappa shape index (κ3) is 1.51. The van der Waals surface area contributed by atoms with Crippen molar-refractivity contribution in [1.82, 2.24) is 0 Å². The third-order valence-electron chi connectivity index (χ3n) is 2.56. The third-order valence-corrected chi connectivity index (χ3v) is 2.56. The Morgan fingerprint density at radius 2 is 2.21 bits per heavy atom. The summed E-state index contributed by atoms with van der Waals surface area (Å²) in [5.74, 6) is 0.873. The summed E-state index contributed by atoms with van der Waals surface area (Å²) in [6.07, 6.45) is 0. The first kappa shape index (κ1) is 9.21. The Morgan fingerprint density at radius 1 is 1.43 bits per heavy atom. The van der Waals surface area contributed by atoms with Crippen LogP contribution >= 0.6 is 0 Å². The quantitative estimate of drug-likeness (QED) is 0.709. The fraction of sp³-hybridized carbons (Fsp3) is 0.364. The number of ether oxygens (including phenoxy) is 1. The Bertz CT molecular complexity index is 371. The molecule has 3 heteroatoms. The summed E-state index contributed by atoms with van der Waals surface area (Å²) in [6, 6.07) is 8.25. The van der Waals surface area contributed by atoms with Crippen LogP contribution in [0, 0.1) is 0 Å². The number of amidine groups is 1. The van der Waals surface area contributed by atoms with Gasteiger partial charge in [0, 0.05) is 12.7 Å². The van der Waals surface area contributed by atoms with E-state index in [-0.39, 0.29) is 0 Å². The second kappa shape index (κ2) is 3.80. The molecule has 2 N–H and O–H groups in total. The van der Waals surface area contributed by atoms with Crippen LogP contribution in [0.2, 0.25) is 0 Å². The molecule has 0 bridgehead atoms. The Labute approximate surface area is 83.8 Å². The first-order chi connectivity index (χ1) is 6.83. The van der Waals surface area contributed by atoms with Gasteiger partial charge in [0.15, 0.2) is 0 Å². The summed E-state index contributed by atoms with van der Waals surface area (Å²) >= 11 is 0. The summed E-state index contributed by atoms with van der Waals surface area (Å²) in [5.41, 5.74) is 8.49. The van der Waals surface area contributed by atoms with E-state index in [4.69, 9.17) is 10.5 Å². The molecule has 74 valence electrons. The molecular formula is C11H15N2O+. The largest absolute Gasteiger partial charge is 0.381 e. The van der Waals surface area contributed by atoms with Crippen LogP contribution in [0.5, 0.6) is 0 Å². The summed E-state index contributed by atoms with van der Waals surface area (Å²) < 4.78 is 7.19. The van der Waals surface area contributed by atoms with Crippen LogP contribution in [-0.4, -0.2) is 30.7 Å². The van der Waals surface area contributed by atoms with Crippen molar-refractivity contribution in [2.75, 3.05) is 20.3 Å². The molecule has 0 amide bonds. The van der Waals surface area contributed by atoms with Gasteiger partial charge in [0.2, 0.25) is 0 Å². The Hall–Kier alpha value is -1.35. The van der Waals surface area contributed by atoms with Crippen LogP contribution in [0.1, 0.15) is 11.1 Å². The molecule has 1 aromatic carbocycles. The standard InChI is InChI=1S/C11H14N2O/c1-14-7-6-13-8-9-4-2-3-5-10(9)11(13)12/h2-5,12H,6-8H2,1H3/p+1. The second-order valence-corrected chi connectivity index (χ2v) is 3.46. The highest BCUT2D eigenvalue weighted by molar-refractivity contribution is 5.96. The van der Waals surface area contributed by atoms with E-state index < -0.39 is 0 Å². The fourth-order valence-electron chi connectivity index (χ4n) is 1.77. The normalized spacial score (nSPS) is 14.6. The van der Waals surface area contributed by atoms with Crippen LogP contribution in [0.25, 0.3) is 0 Å². The number of nitrogens with two attached hydrogens (primary N) is 1. The minimum atomic E-state index is 0.717. The smallest absolute Gasteiger partial charge is 0.275 e. The lowest BCUT2D eigenvalue weighted by atomic mass is 10.1. The number of hydrogen-bond donors (Lipinski definition) is 1. The molecule has 0 fully saturated rings. The molecule has 14 heavy (non-hydrogen) atoms. The van der Waals surface area contributed by atoms with Gasteiger partial charge in [-0.2, -0.15) is 0 Å². The second-order valence-electron chi connectivity index (χ2n) is 3.46. The van der Waals surface area contributed by atoms with E-state index in [9.17, 15) is 0 Å². The number of benzene rings is 1. The zero-order valence-electron chi connectivity index (χ0n) is 8.36. The molecular weight excluding hydrogens is 176 g/mol. The Balaban J connectivity index is 2.21. The van der Waals surface area contributed by atoms with Gasteiger partial charge in [-0.1, -0.05) is 18.2 Å². The van der Waals surface area contributed by atoms with Crippen LogP contribution in [0.3, 0.4) is 0 Å². The van der Waals surface area contributed by atoms with Crippen molar-refractivity contribution >= 4 is 5.84 Å². The molecule has 0 aliphatic carbocycles. The lowest BCUT2D eigenvalue weighted by Gasteiger charge is -2.00. The SMILES string of the molecule is COCC[N+]1=C(N)c2ccccc2C1. The predicted molar refractivity (Wildman–Crippen MR) is 55.4 cm³/mol. The van der Waals surface area contributed by atoms with E-state index >= 15 is 0 Å². The highest BCUT2D eigenvalue weighted by Gasteiger charge is 2.23. The molecule has 0 radical (unpaired) electrons. The number of rotatable bonds is 3. The Kier molecular flexibility index (Phi) is 2.50. The predicted octanol–water partition coefficient (Wildman–Crippen LogP) is 0.564. The molecule has 0 spiro atoms. The topological polar surface area (TPSA) is 38.3 Å². The van der Waals surface area contributed by atoms with Crippen molar-refractivity contribution in [1.29, 1.82) is 0 Å². The molecule has 0 unspecified atom stereocenters. The molecule has 0 aromatic heterocycles. The molecule has 1 aliphatic heterocycles. The van der Waals surface area contributed by atoms with E-state index in [2.05, 4.69) is 16.7 Å². The maximum Gasteiger partial charge on any atom is 0.275 e. The van der Waals surface area contributed by atoms with Gasteiger partial charge in [-0.05, 0) is 6.07 Å². The van der Waals surface area contributed by atoms with Gasteiger partial charge in [-0.3, -0.25) is 10.3 Å². The van der Waals surface area contributed by atoms with Crippen molar-refractivity contribution in [3.8, 4) is 0 Å². The molecule has 0 atom stereocenters. The fourth-order valence-corrected chi connectivity index (χ4v) is 1.77. The lowest BCUT2D eigenvalue weighted by molar-refractivity contribution is -0.542. The summed E-state index contributed by atoms with van der Waals surface area (Å²) in [5, 5.41) is 0.